The zero-order chi connectivity index (χ0) is 11.5. The molecule has 0 amide bonds. The Morgan fingerprint density at radius 3 is 2.59 bits per heavy atom. The Balaban J connectivity index is 1.78. The van der Waals surface area contributed by atoms with Crippen LogP contribution in [0, 0.1) is 17.3 Å². The predicted octanol–water partition coefficient (Wildman–Crippen LogP) is 3.54. The van der Waals surface area contributed by atoms with Crippen LogP contribution in [0.15, 0.2) is 17.5 Å². The first-order chi connectivity index (χ1) is 8.24. The fraction of sp³-hybridized carbons (Fsp3) is 0.733. The maximum Gasteiger partial charge on any atom is 0.0107 e. The van der Waals surface area contributed by atoms with Crippen molar-refractivity contribution in [3.8, 4) is 0 Å². The third-order valence-corrected chi connectivity index (χ3v) is 6.78. The number of nitrogens with two attached hydrogens (primary N) is 1. The SMILES string of the molecule is NCC12CC3CC(C1)CC(c1cccs1)(C3)C2. The molecule has 4 bridgehead atoms. The molecule has 4 saturated carbocycles. The lowest BCUT2D eigenvalue weighted by molar-refractivity contribution is -0.0653. The van der Waals surface area contributed by atoms with Crippen LogP contribution in [0.5, 0.6) is 0 Å². The van der Waals surface area contributed by atoms with Crippen molar-refractivity contribution in [1.29, 1.82) is 0 Å². The van der Waals surface area contributed by atoms with E-state index in [0.29, 0.717) is 10.8 Å². The van der Waals surface area contributed by atoms with E-state index in [9.17, 15) is 0 Å². The summed E-state index contributed by atoms with van der Waals surface area (Å²) < 4.78 is 0. The van der Waals surface area contributed by atoms with E-state index in [0.717, 1.165) is 18.4 Å². The largest absolute Gasteiger partial charge is 0.330 e. The molecular weight excluding hydrogens is 226 g/mol. The zero-order valence-electron chi connectivity index (χ0n) is 10.3. The van der Waals surface area contributed by atoms with Gasteiger partial charge in [0.2, 0.25) is 0 Å². The second-order valence-electron chi connectivity index (χ2n) is 6.92. The first kappa shape index (κ1) is 10.6. The van der Waals surface area contributed by atoms with E-state index in [1.807, 2.05) is 11.3 Å². The molecule has 1 heterocycles. The number of hydrogen-bond donors (Lipinski definition) is 1. The molecule has 0 radical (unpaired) electrons. The molecule has 0 aliphatic heterocycles. The highest BCUT2D eigenvalue weighted by Crippen LogP contribution is 2.65. The maximum absolute atomic E-state index is 6.14. The molecule has 1 aromatic heterocycles. The first-order valence-corrected chi connectivity index (χ1v) is 7.86. The quantitative estimate of drug-likeness (QED) is 0.850. The molecule has 0 aromatic carbocycles. The fourth-order valence-corrected chi connectivity index (χ4v) is 6.51. The third-order valence-electron chi connectivity index (χ3n) is 5.66. The van der Waals surface area contributed by atoms with E-state index < -0.39 is 0 Å². The lowest BCUT2D eigenvalue weighted by atomic mass is 9.44. The second-order valence-corrected chi connectivity index (χ2v) is 7.87. The van der Waals surface area contributed by atoms with Crippen LogP contribution < -0.4 is 5.73 Å². The Labute approximate surface area is 107 Å². The molecule has 0 spiro atoms. The van der Waals surface area contributed by atoms with E-state index in [1.165, 1.54) is 38.5 Å². The summed E-state index contributed by atoms with van der Waals surface area (Å²) >= 11 is 1.98. The van der Waals surface area contributed by atoms with Gasteiger partial charge in [-0.2, -0.15) is 0 Å². The molecule has 92 valence electrons. The van der Waals surface area contributed by atoms with Crippen molar-refractivity contribution in [3.63, 3.8) is 0 Å². The van der Waals surface area contributed by atoms with Crippen LogP contribution in [0.1, 0.15) is 43.4 Å². The van der Waals surface area contributed by atoms with Crippen LogP contribution in [0.2, 0.25) is 0 Å². The molecule has 0 saturated heterocycles. The van der Waals surface area contributed by atoms with Gasteiger partial charge in [0.05, 0.1) is 0 Å². The molecule has 1 aromatic rings. The van der Waals surface area contributed by atoms with Crippen molar-refractivity contribution in [2.45, 2.75) is 43.9 Å². The second kappa shape index (κ2) is 3.36. The van der Waals surface area contributed by atoms with Crippen molar-refractivity contribution in [2.75, 3.05) is 6.54 Å². The van der Waals surface area contributed by atoms with E-state index >= 15 is 0 Å². The third kappa shape index (κ3) is 1.40. The van der Waals surface area contributed by atoms with Crippen LogP contribution >= 0.6 is 11.3 Å². The molecule has 4 fully saturated rings. The van der Waals surface area contributed by atoms with Crippen LogP contribution in [0.3, 0.4) is 0 Å². The van der Waals surface area contributed by atoms with E-state index in [1.54, 1.807) is 4.88 Å². The minimum absolute atomic E-state index is 0.508. The Morgan fingerprint density at radius 1 is 1.24 bits per heavy atom. The van der Waals surface area contributed by atoms with Gasteiger partial charge in [-0.15, -0.1) is 11.3 Å². The standard InChI is InChI=1S/C15H21NS/c16-10-14-5-11-4-12(6-14)8-15(7-11,9-14)13-2-1-3-17-13/h1-3,11-12H,4-10,16H2. The summed E-state index contributed by atoms with van der Waals surface area (Å²) in [5, 5.41) is 2.25. The molecule has 2 unspecified atom stereocenters. The van der Waals surface area contributed by atoms with Crippen LogP contribution in [-0.4, -0.2) is 6.54 Å². The molecule has 2 heteroatoms. The van der Waals surface area contributed by atoms with Crippen molar-refractivity contribution in [2.24, 2.45) is 23.0 Å². The zero-order valence-corrected chi connectivity index (χ0v) is 11.1. The Kier molecular flexibility index (Phi) is 2.09. The monoisotopic (exact) mass is 247 g/mol. The minimum atomic E-state index is 0.508. The highest BCUT2D eigenvalue weighted by Gasteiger charge is 2.57. The van der Waals surface area contributed by atoms with Gasteiger partial charge in [-0.05, 0) is 73.8 Å². The van der Waals surface area contributed by atoms with Crippen LogP contribution in [-0.2, 0) is 5.41 Å². The highest BCUT2D eigenvalue weighted by molar-refractivity contribution is 7.10. The lowest BCUT2D eigenvalue weighted by Crippen LogP contribution is -2.56. The topological polar surface area (TPSA) is 26.0 Å². The van der Waals surface area contributed by atoms with Gasteiger partial charge in [-0.25, -0.2) is 0 Å². The van der Waals surface area contributed by atoms with Gasteiger partial charge in [-0.1, -0.05) is 6.07 Å². The Morgan fingerprint density at radius 2 is 2.00 bits per heavy atom. The Bertz CT molecular complexity index is 408. The summed E-state index contributed by atoms with van der Waals surface area (Å²) in [7, 11) is 0. The van der Waals surface area contributed by atoms with Crippen LogP contribution in [0.25, 0.3) is 0 Å². The smallest absolute Gasteiger partial charge is 0.0107 e. The summed E-state index contributed by atoms with van der Waals surface area (Å²) in [5.41, 5.74) is 7.18. The summed E-state index contributed by atoms with van der Waals surface area (Å²) in [5.74, 6) is 1.95. The number of hydrogen-bond acceptors (Lipinski definition) is 2. The first-order valence-electron chi connectivity index (χ1n) is 6.98. The number of rotatable bonds is 2. The maximum atomic E-state index is 6.14. The summed E-state index contributed by atoms with van der Waals surface area (Å²) in [6, 6.07) is 4.61. The van der Waals surface area contributed by atoms with Gasteiger partial charge in [0.15, 0.2) is 0 Å². The normalized spacial score (nSPS) is 47.6. The summed E-state index contributed by atoms with van der Waals surface area (Å²) in [4.78, 5) is 1.66. The molecule has 4 aliphatic carbocycles. The van der Waals surface area contributed by atoms with E-state index in [4.69, 9.17) is 5.73 Å². The fourth-order valence-electron chi connectivity index (χ4n) is 5.56. The molecule has 1 nitrogen and oxygen atoms in total. The molecule has 2 atom stereocenters. The van der Waals surface area contributed by atoms with Crippen LogP contribution in [0.4, 0.5) is 0 Å². The van der Waals surface area contributed by atoms with Crippen molar-refractivity contribution >= 4 is 11.3 Å². The van der Waals surface area contributed by atoms with Gasteiger partial charge in [-0.3, -0.25) is 0 Å². The van der Waals surface area contributed by atoms with Crippen molar-refractivity contribution in [3.05, 3.63) is 22.4 Å². The molecular formula is C15H21NS. The summed E-state index contributed by atoms with van der Waals surface area (Å²) in [6.45, 7) is 0.924. The van der Waals surface area contributed by atoms with Gasteiger partial charge in [0.1, 0.15) is 0 Å². The molecule has 2 N–H and O–H groups in total. The average Bonchev–Trinajstić information content (AvgIpc) is 2.81. The average molecular weight is 247 g/mol. The van der Waals surface area contributed by atoms with Gasteiger partial charge < -0.3 is 5.73 Å². The number of thiophene rings is 1. The van der Waals surface area contributed by atoms with Crippen molar-refractivity contribution < 1.29 is 0 Å². The van der Waals surface area contributed by atoms with Gasteiger partial charge in [0, 0.05) is 10.3 Å². The lowest BCUT2D eigenvalue weighted by Gasteiger charge is -2.62. The molecule has 5 rings (SSSR count). The molecule has 17 heavy (non-hydrogen) atoms. The Hall–Kier alpha value is -0.340. The van der Waals surface area contributed by atoms with E-state index in [2.05, 4.69) is 17.5 Å². The predicted molar refractivity (Wildman–Crippen MR) is 72.2 cm³/mol. The highest BCUT2D eigenvalue weighted by atomic mass is 32.1. The van der Waals surface area contributed by atoms with Gasteiger partial charge in [0.25, 0.3) is 0 Å². The van der Waals surface area contributed by atoms with E-state index in [-0.39, 0.29) is 0 Å². The van der Waals surface area contributed by atoms with Gasteiger partial charge >= 0.3 is 0 Å². The van der Waals surface area contributed by atoms with Crippen molar-refractivity contribution in [1.82, 2.24) is 0 Å². The summed E-state index contributed by atoms with van der Waals surface area (Å²) in [6.07, 6.45) is 8.62. The molecule has 4 aliphatic rings. The minimum Gasteiger partial charge on any atom is -0.330 e.